The molecule has 2 aliphatic rings. The zero-order valence-electron chi connectivity index (χ0n) is 17.0. The van der Waals surface area contributed by atoms with E-state index in [1.54, 1.807) is 19.0 Å². The van der Waals surface area contributed by atoms with Gasteiger partial charge < -0.3 is 15.1 Å². The Morgan fingerprint density at radius 1 is 1.19 bits per heavy atom. The number of amides is 3. The van der Waals surface area contributed by atoms with E-state index in [-0.39, 0.29) is 23.3 Å². The van der Waals surface area contributed by atoms with Crippen molar-refractivity contribution in [1.82, 2.24) is 15.1 Å². The third-order valence-electron chi connectivity index (χ3n) is 6.31. The van der Waals surface area contributed by atoms with Crippen LogP contribution >= 0.6 is 0 Å². The number of benzene rings is 1. The maximum Gasteiger partial charge on any atom is 0.319 e. The minimum atomic E-state index is 0.0205. The summed E-state index contributed by atoms with van der Waals surface area (Å²) >= 11 is 0. The standard InChI is InChI=1S/C22H33N3O2/c1-17-7-6-8-19(15-17)22(11-4-5-12-22)16-23-20(26)18-9-13-25(14-10-18)21(27)24(2)3/h6-8,15,18H,4-5,9-14,16H2,1-3H3,(H,23,26). The summed E-state index contributed by atoms with van der Waals surface area (Å²) in [5, 5.41) is 3.27. The zero-order valence-corrected chi connectivity index (χ0v) is 17.0. The first kappa shape index (κ1) is 19.7. The number of urea groups is 1. The minimum Gasteiger partial charge on any atom is -0.355 e. The highest BCUT2D eigenvalue weighted by Gasteiger charge is 2.37. The van der Waals surface area contributed by atoms with Gasteiger partial charge in [0.2, 0.25) is 5.91 Å². The number of nitrogens with zero attached hydrogens (tertiary/aromatic N) is 2. The van der Waals surface area contributed by atoms with E-state index >= 15 is 0 Å². The monoisotopic (exact) mass is 371 g/mol. The largest absolute Gasteiger partial charge is 0.355 e. The van der Waals surface area contributed by atoms with Gasteiger partial charge in [-0.15, -0.1) is 0 Å². The van der Waals surface area contributed by atoms with Crippen LogP contribution in [0.4, 0.5) is 4.79 Å². The molecule has 5 nitrogen and oxygen atoms in total. The molecule has 0 atom stereocenters. The molecule has 1 saturated heterocycles. The molecule has 1 aliphatic carbocycles. The summed E-state index contributed by atoms with van der Waals surface area (Å²) in [7, 11) is 3.54. The van der Waals surface area contributed by atoms with Gasteiger partial charge in [0.1, 0.15) is 0 Å². The van der Waals surface area contributed by atoms with Gasteiger partial charge in [0, 0.05) is 45.1 Å². The zero-order chi connectivity index (χ0) is 19.4. The molecule has 1 aromatic rings. The molecule has 3 rings (SSSR count). The number of aryl methyl sites for hydroxylation is 1. The molecule has 27 heavy (non-hydrogen) atoms. The minimum absolute atomic E-state index is 0.0205. The second kappa shape index (κ2) is 8.32. The Morgan fingerprint density at radius 2 is 1.85 bits per heavy atom. The van der Waals surface area contributed by atoms with Crippen molar-refractivity contribution in [2.24, 2.45) is 5.92 Å². The number of carbonyl (C=O) groups is 2. The second-order valence-electron chi connectivity index (χ2n) is 8.51. The van der Waals surface area contributed by atoms with Gasteiger partial charge in [-0.3, -0.25) is 4.79 Å². The van der Waals surface area contributed by atoms with Gasteiger partial charge in [-0.1, -0.05) is 42.7 Å². The van der Waals surface area contributed by atoms with E-state index in [1.807, 2.05) is 4.90 Å². The van der Waals surface area contributed by atoms with Gasteiger partial charge in [0.15, 0.2) is 0 Å². The third kappa shape index (κ3) is 4.45. The Kier molecular flexibility index (Phi) is 6.08. The van der Waals surface area contributed by atoms with E-state index in [0.717, 1.165) is 32.2 Å². The van der Waals surface area contributed by atoms with Crippen molar-refractivity contribution in [3.8, 4) is 0 Å². The Bertz CT molecular complexity index is 672. The first-order valence-electron chi connectivity index (χ1n) is 10.2. The summed E-state index contributed by atoms with van der Waals surface area (Å²) < 4.78 is 0. The summed E-state index contributed by atoms with van der Waals surface area (Å²) in [6.45, 7) is 4.19. The third-order valence-corrected chi connectivity index (χ3v) is 6.31. The Balaban J connectivity index is 1.57. The lowest BCUT2D eigenvalue weighted by atomic mass is 9.78. The van der Waals surface area contributed by atoms with Crippen LogP contribution in [-0.2, 0) is 10.2 Å². The molecule has 1 aliphatic heterocycles. The van der Waals surface area contributed by atoms with Crippen LogP contribution in [0.15, 0.2) is 24.3 Å². The number of piperidine rings is 1. The summed E-state index contributed by atoms with van der Waals surface area (Å²) in [5.41, 5.74) is 2.73. The number of hydrogen-bond donors (Lipinski definition) is 1. The maximum absolute atomic E-state index is 12.8. The molecule has 0 bridgehead atoms. The van der Waals surface area contributed by atoms with Crippen molar-refractivity contribution in [1.29, 1.82) is 0 Å². The van der Waals surface area contributed by atoms with E-state index in [1.165, 1.54) is 24.0 Å². The van der Waals surface area contributed by atoms with Gasteiger partial charge in [-0.2, -0.15) is 0 Å². The molecule has 1 aromatic carbocycles. The van der Waals surface area contributed by atoms with Crippen LogP contribution in [0.25, 0.3) is 0 Å². The normalized spacial score (nSPS) is 19.7. The van der Waals surface area contributed by atoms with E-state index in [4.69, 9.17) is 0 Å². The molecule has 5 heteroatoms. The topological polar surface area (TPSA) is 52.7 Å². The van der Waals surface area contributed by atoms with Crippen LogP contribution in [-0.4, -0.2) is 55.5 Å². The fourth-order valence-corrected chi connectivity index (χ4v) is 4.61. The Labute approximate surface area is 163 Å². The van der Waals surface area contributed by atoms with Crippen LogP contribution in [0.2, 0.25) is 0 Å². The molecular formula is C22H33N3O2. The predicted octanol–water partition coefficient (Wildman–Crippen LogP) is 3.32. The molecule has 3 amide bonds. The van der Waals surface area contributed by atoms with Crippen LogP contribution in [0.1, 0.15) is 49.7 Å². The van der Waals surface area contributed by atoms with Crippen LogP contribution < -0.4 is 5.32 Å². The molecule has 0 aromatic heterocycles. The van der Waals surface area contributed by atoms with Crippen molar-refractivity contribution >= 4 is 11.9 Å². The summed E-state index contributed by atoms with van der Waals surface area (Å²) in [4.78, 5) is 28.3. The first-order chi connectivity index (χ1) is 12.9. The lowest BCUT2D eigenvalue weighted by molar-refractivity contribution is -0.126. The summed E-state index contributed by atoms with van der Waals surface area (Å²) in [6.07, 6.45) is 6.26. The van der Waals surface area contributed by atoms with E-state index in [0.29, 0.717) is 13.1 Å². The Hall–Kier alpha value is -2.04. The van der Waals surface area contributed by atoms with Crippen molar-refractivity contribution < 1.29 is 9.59 Å². The van der Waals surface area contributed by atoms with Gasteiger partial charge in [0.05, 0.1) is 0 Å². The lowest BCUT2D eigenvalue weighted by Gasteiger charge is -2.34. The quantitative estimate of drug-likeness (QED) is 0.883. The molecular weight excluding hydrogens is 338 g/mol. The number of rotatable bonds is 4. The van der Waals surface area contributed by atoms with E-state index in [9.17, 15) is 9.59 Å². The van der Waals surface area contributed by atoms with Crippen LogP contribution in [0.5, 0.6) is 0 Å². The average molecular weight is 372 g/mol. The number of nitrogens with one attached hydrogen (secondary N) is 1. The second-order valence-corrected chi connectivity index (χ2v) is 8.51. The van der Waals surface area contributed by atoms with Crippen molar-refractivity contribution in [2.75, 3.05) is 33.7 Å². The molecule has 0 unspecified atom stereocenters. The van der Waals surface area contributed by atoms with E-state index < -0.39 is 0 Å². The van der Waals surface area contributed by atoms with Crippen molar-refractivity contribution in [2.45, 2.75) is 50.9 Å². The summed E-state index contributed by atoms with van der Waals surface area (Å²) in [6, 6.07) is 8.80. The summed E-state index contributed by atoms with van der Waals surface area (Å²) in [5.74, 6) is 0.179. The van der Waals surface area contributed by atoms with Gasteiger partial charge in [0.25, 0.3) is 0 Å². The highest BCUT2D eigenvalue weighted by Crippen LogP contribution is 2.41. The maximum atomic E-state index is 12.8. The highest BCUT2D eigenvalue weighted by atomic mass is 16.2. The SMILES string of the molecule is Cc1cccc(C2(CNC(=O)C3CCN(C(=O)N(C)C)CC3)CCCC2)c1. The molecule has 2 fully saturated rings. The first-order valence-corrected chi connectivity index (χ1v) is 10.2. The molecule has 0 radical (unpaired) electrons. The van der Waals surface area contributed by atoms with Crippen LogP contribution in [0.3, 0.4) is 0 Å². The molecule has 148 valence electrons. The fraction of sp³-hybridized carbons (Fsp3) is 0.636. The predicted molar refractivity (Wildman–Crippen MR) is 108 cm³/mol. The van der Waals surface area contributed by atoms with Crippen LogP contribution in [0, 0.1) is 12.8 Å². The number of likely N-dealkylation sites (tertiary alicyclic amines) is 1. The molecule has 1 N–H and O–H groups in total. The molecule has 1 heterocycles. The van der Waals surface area contributed by atoms with E-state index in [2.05, 4.69) is 36.5 Å². The number of hydrogen-bond acceptors (Lipinski definition) is 2. The fourth-order valence-electron chi connectivity index (χ4n) is 4.61. The molecule has 1 saturated carbocycles. The van der Waals surface area contributed by atoms with Gasteiger partial charge in [-0.05, 0) is 38.2 Å². The molecule has 0 spiro atoms. The number of carbonyl (C=O) groups excluding carboxylic acids is 2. The Morgan fingerprint density at radius 3 is 2.44 bits per heavy atom. The average Bonchev–Trinajstić information content (AvgIpc) is 3.16. The highest BCUT2D eigenvalue weighted by molar-refractivity contribution is 5.79. The smallest absolute Gasteiger partial charge is 0.319 e. The lowest BCUT2D eigenvalue weighted by Crippen LogP contribution is -2.48. The van der Waals surface area contributed by atoms with Crippen molar-refractivity contribution in [3.63, 3.8) is 0 Å². The van der Waals surface area contributed by atoms with Gasteiger partial charge >= 0.3 is 6.03 Å². The van der Waals surface area contributed by atoms with Crippen molar-refractivity contribution in [3.05, 3.63) is 35.4 Å². The van der Waals surface area contributed by atoms with Gasteiger partial charge in [-0.25, -0.2) is 4.79 Å².